The normalized spacial score (nSPS) is 22.1. The van der Waals surface area contributed by atoms with E-state index < -0.39 is 17.4 Å². The molecule has 0 aromatic heterocycles. The van der Waals surface area contributed by atoms with Crippen molar-refractivity contribution >= 4 is 35.2 Å². The Balaban J connectivity index is 1.69. The van der Waals surface area contributed by atoms with Crippen LogP contribution < -0.4 is 15.0 Å². The van der Waals surface area contributed by atoms with Crippen molar-refractivity contribution in [1.82, 2.24) is 5.32 Å². The fourth-order valence-electron chi connectivity index (χ4n) is 3.34. The monoisotopic (exact) mass is 378 g/mol. The molecule has 1 aromatic rings. The number of rotatable bonds is 5. The molecule has 1 atom stereocenters. The van der Waals surface area contributed by atoms with Gasteiger partial charge in [0, 0.05) is 18.7 Å². The number of carbonyl (C=O) groups excluding carboxylic acids is 2. The molecule has 1 unspecified atom stereocenters. The van der Waals surface area contributed by atoms with Crippen LogP contribution >= 0.6 is 11.8 Å². The van der Waals surface area contributed by atoms with Gasteiger partial charge in [-0.2, -0.15) is 11.8 Å². The first-order valence-electron chi connectivity index (χ1n) is 8.53. The molecule has 0 radical (unpaired) electrons. The molecule has 3 rings (SSSR count). The summed E-state index contributed by atoms with van der Waals surface area (Å²) in [5, 5.41) is 12.3. The van der Waals surface area contributed by atoms with E-state index in [-0.39, 0.29) is 24.8 Å². The maximum atomic E-state index is 12.7. The van der Waals surface area contributed by atoms with Gasteiger partial charge < -0.3 is 20.1 Å². The second-order valence-electron chi connectivity index (χ2n) is 6.59. The number of thioether (sulfide) groups is 1. The molecule has 2 aliphatic heterocycles. The fourth-order valence-corrected chi connectivity index (χ4v) is 4.53. The first-order valence-corrected chi connectivity index (χ1v) is 9.68. The Morgan fingerprint density at radius 1 is 1.27 bits per heavy atom. The number of anilines is 1. The maximum absolute atomic E-state index is 12.7. The summed E-state index contributed by atoms with van der Waals surface area (Å²) in [7, 11) is 1.57. The van der Waals surface area contributed by atoms with Crippen molar-refractivity contribution in [2.45, 2.75) is 24.8 Å². The van der Waals surface area contributed by atoms with Crippen LogP contribution in [-0.4, -0.2) is 53.6 Å². The minimum Gasteiger partial charge on any atom is -0.497 e. The minimum atomic E-state index is -1.21. The zero-order valence-electron chi connectivity index (χ0n) is 14.6. The van der Waals surface area contributed by atoms with Gasteiger partial charge in [-0.15, -0.1) is 0 Å². The number of hydrogen-bond donors (Lipinski definition) is 2. The van der Waals surface area contributed by atoms with Gasteiger partial charge >= 0.3 is 5.97 Å². The largest absolute Gasteiger partial charge is 0.497 e. The molecule has 2 aliphatic rings. The number of benzene rings is 1. The van der Waals surface area contributed by atoms with Gasteiger partial charge in [-0.3, -0.25) is 9.59 Å². The van der Waals surface area contributed by atoms with Crippen LogP contribution in [0.5, 0.6) is 5.75 Å². The summed E-state index contributed by atoms with van der Waals surface area (Å²) in [6.45, 7) is 0.251. The van der Waals surface area contributed by atoms with E-state index >= 15 is 0 Å². The van der Waals surface area contributed by atoms with Crippen LogP contribution in [0, 0.1) is 5.92 Å². The predicted molar refractivity (Wildman–Crippen MR) is 98.5 cm³/mol. The molecule has 2 heterocycles. The summed E-state index contributed by atoms with van der Waals surface area (Å²) < 4.78 is 5.11. The molecular formula is C18H22N2O5S. The molecule has 140 valence electrons. The Bertz CT molecular complexity index is 700. The SMILES string of the molecule is COc1ccc(N2CC(C(=O)NC3(C(=O)O)CCSCC3)CC2=O)cc1. The average Bonchev–Trinajstić information content (AvgIpc) is 3.04. The van der Waals surface area contributed by atoms with Gasteiger partial charge in [0.15, 0.2) is 0 Å². The highest BCUT2D eigenvalue weighted by Gasteiger charge is 2.44. The minimum absolute atomic E-state index is 0.0856. The summed E-state index contributed by atoms with van der Waals surface area (Å²) in [4.78, 5) is 38.3. The zero-order chi connectivity index (χ0) is 18.7. The lowest BCUT2D eigenvalue weighted by molar-refractivity contribution is -0.148. The Morgan fingerprint density at radius 3 is 2.50 bits per heavy atom. The van der Waals surface area contributed by atoms with Crippen molar-refractivity contribution in [3.8, 4) is 5.75 Å². The van der Waals surface area contributed by atoms with Crippen molar-refractivity contribution in [2.24, 2.45) is 5.92 Å². The van der Waals surface area contributed by atoms with Crippen LogP contribution in [0.15, 0.2) is 24.3 Å². The Labute approximate surface area is 156 Å². The first-order chi connectivity index (χ1) is 12.4. The quantitative estimate of drug-likeness (QED) is 0.806. The number of nitrogens with zero attached hydrogens (tertiary/aromatic N) is 1. The molecule has 0 aliphatic carbocycles. The van der Waals surface area contributed by atoms with Gasteiger partial charge in [-0.05, 0) is 48.6 Å². The van der Waals surface area contributed by atoms with E-state index in [1.165, 1.54) is 0 Å². The Morgan fingerprint density at radius 2 is 1.92 bits per heavy atom. The van der Waals surface area contributed by atoms with Crippen LogP contribution in [0.2, 0.25) is 0 Å². The van der Waals surface area contributed by atoms with E-state index in [1.807, 2.05) is 0 Å². The standard InChI is InChI=1S/C18H22N2O5S/c1-25-14-4-2-13(3-5-14)20-11-12(10-15(20)21)16(22)19-18(17(23)24)6-8-26-9-7-18/h2-5,12H,6-11H2,1H3,(H,19,22)(H,23,24). The van der Waals surface area contributed by atoms with E-state index in [0.29, 0.717) is 35.8 Å². The molecule has 2 N–H and O–H groups in total. The highest BCUT2D eigenvalue weighted by molar-refractivity contribution is 7.99. The van der Waals surface area contributed by atoms with E-state index in [0.717, 1.165) is 0 Å². The molecular weight excluding hydrogens is 356 g/mol. The molecule has 0 saturated carbocycles. The molecule has 2 fully saturated rings. The van der Waals surface area contributed by atoms with Gasteiger partial charge in [0.25, 0.3) is 0 Å². The van der Waals surface area contributed by atoms with Gasteiger partial charge in [0.2, 0.25) is 11.8 Å². The molecule has 2 amide bonds. The Kier molecular flexibility index (Phi) is 5.41. The average molecular weight is 378 g/mol. The van der Waals surface area contributed by atoms with Crippen molar-refractivity contribution in [3.63, 3.8) is 0 Å². The van der Waals surface area contributed by atoms with E-state index in [9.17, 15) is 19.5 Å². The summed E-state index contributed by atoms with van der Waals surface area (Å²) in [5.41, 5.74) is -0.507. The van der Waals surface area contributed by atoms with E-state index in [1.54, 1.807) is 48.0 Å². The number of carboxylic acids is 1. The number of aliphatic carboxylic acids is 1. The first kappa shape index (κ1) is 18.6. The number of carbonyl (C=O) groups is 3. The van der Waals surface area contributed by atoms with Crippen LogP contribution in [-0.2, 0) is 14.4 Å². The lowest BCUT2D eigenvalue weighted by Crippen LogP contribution is -2.58. The third kappa shape index (κ3) is 3.65. The van der Waals surface area contributed by atoms with Crippen LogP contribution in [0.25, 0.3) is 0 Å². The molecule has 0 bridgehead atoms. The number of hydrogen-bond acceptors (Lipinski definition) is 5. The van der Waals surface area contributed by atoms with Gasteiger partial charge in [-0.1, -0.05) is 0 Å². The van der Waals surface area contributed by atoms with Crippen molar-refractivity contribution < 1.29 is 24.2 Å². The van der Waals surface area contributed by atoms with Crippen LogP contribution in [0.1, 0.15) is 19.3 Å². The highest BCUT2D eigenvalue weighted by atomic mass is 32.2. The second kappa shape index (κ2) is 7.57. The summed E-state index contributed by atoms with van der Waals surface area (Å²) in [6, 6.07) is 7.06. The number of nitrogens with one attached hydrogen (secondary N) is 1. The zero-order valence-corrected chi connectivity index (χ0v) is 15.4. The van der Waals surface area contributed by atoms with Gasteiger partial charge in [0.1, 0.15) is 11.3 Å². The topological polar surface area (TPSA) is 95.9 Å². The molecule has 7 nitrogen and oxygen atoms in total. The third-order valence-electron chi connectivity index (χ3n) is 5.00. The molecule has 1 aromatic carbocycles. The van der Waals surface area contributed by atoms with Crippen LogP contribution in [0.4, 0.5) is 5.69 Å². The summed E-state index contributed by atoms with van der Waals surface area (Å²) in [6.07, 6.45) is 0.894. The molecule has 2 saturated heterocycles. The lowest BCUT2D eigenvalue weighted by Gasteiger charge is -2.34. The Hall–Kier alpha value is -2.22. The molecule has 0 spiro atoms. The van der Waals surface area contributed by atoms with Gasteiger partial charge in [0.05, 0.1) is 13.0 Å². The fraction of sp³-hybridized carbons (Fsp3) is 0.500. The molecule has 8 heteroatoms. The van der Waals surface area contributed by atoms with Crippen LogP contribution in [0.3, 0.4) is 0 Å². The van der Waals surface area contributed by atoms with Crippen molar-refractivity contribution in [2.75, 3.05) is 30.1 Å². The molecule has 26 heavy (non-hydrogen) atoms. The number of ether oxygens (including phenoxy) is 1. The number of methoxy groups -OCH3 is 1. The summed E-state index contributed by atoms with van der Waals surface area (Å²) >= 11 is 1.69. The third-order valence-corrected chi connectivity index (χ3v) is 5.98. The maximum Gasteiger partial charge on any atom is 0.329 e. The van der Waals surface area contributed by atoms with Crippen molar-refractivity contribution in [1.29, 1.82) is 0 Å². The predicted octanol–water partition coefficient (Wildman–Crippen LogP) is 1.51. The lowest BCUT2D eigenvalue weighted by atomic mass is 9.91. The van der Waals surface area contributed by atoms with E-state index in [2.05, 4.69) is 5.32 Å². The van der Waals surface area contributed by atoms with Gasteiger partial charge in [-0.25, -0.2) is 4.79 Å². The summed E-state index contributed by atoms with van der Waals surface area (Å²) in [5.74, 6) is 0.0520. The highest BCUT2D eigenvalue weighted by Crippen LogP contribution is 2.30. The number of carboxylic acid groups (broad SMARTS) is 1. The smallest absolute Gasteiger partial charge is 0.329 e. The second-order valence-corrected chi connectivity index (χ2v) is 7.82. The van der Waals surface area contributed by atoms with Crippen molar-refractivity contribution in [3.05, 3.63) is 24.3 Å². The number of amides is 2. The van der Waals surface area contributed by atoms with E-state index in [4.69, 9.17) is 4.74 Å².